The molecule has 5 rings (SSSR count). The second-order valence-corrected chi connectivity index (χ2v) is 7.17. The van der Waals surface area contributed by atoms with Crippen LogP contribution in [0.15, 0.2) is 18.2 Å². The third kappa shape index (κ3) is 2.21. The second kappa shape index (κ2) is 5.34. The van der Waals surface area contributed by atoms with Gasteiger partial charge in [-0.25, -0.2) is 4.98 Å². The Kier molecular flexibility index (Phi) is 3.13. The van der Waals surface area contributed by atoms with Crippen molar-refractivity contribution in [2.24, 2.45) is 0 Å². The molecule has 0 amide bonds. The summed E-state index contributed by atoms with van der Waals surface area (Å²) in [6.07, 6.45) is 4.69. The summed E-state index contributed by atoms with van der Waals surface area (Å²) in [5.74, 6) is 3.54. The van der Waals surface area contributed by atoms with E-state index in [0.717, 1.165) is 34.6 Å². The molecule has 0 N–H and O–H groups in total. The smallest absolute Gasteiger partial charge is 0.231 e. The molecule has 122 valence electrons. The molecule has 5 nitrogen and oxygen atoms in total. The van der Waals surface area contributed by atoms with Crippen LogP contribution in [0.25, 0.3) is 10.2 Å². The van der Waals surface area contributed by atoms with Crippen LogP contribution in [-0.4, -0.2) is 16.8 Å². The lowest BCUT2D eigenvalue weighted by atomic mass is 9.97. The van der Waals surface area contributed by atoms with Crippen molar-refractivity contribution in [3.63, 3.8) is 0 Å². The first-order valence-electron chi connectivity index (χ1n) is 8.14. The molecule has 3 heterocycles. The topological polar surface area (TPSA) is 53.5 Å². The molecule has 0 spiro atoms. The van der Waals surface area contributed by atoms with Crippen LogP contribution in [0.2, 0.25) is 0 Å². The molecule has 0 radical (unpaired) electrons. The van der Waals surface area contributed by atoms with Gasteiger partial charge in [0.15, 0.2) is 11.5 Å². The summed E-state index contributed by atoms with van der Waals surface area (Å²) in [7, 11) is 0. The standard InChI is InChI=1S/C18H16N2O3S/c1-10-19-17(23-11-6-7-13-14(8-11)22-9-21-13)16-12-4-2-3-5-15(12)24-18(16)20-10/h6-8H,2-5,9H2,1H3. The highest BCUT2D eigenvalue weighted by Crippen LogP contribution is 2.42. The number of benzene rings is 1. The minimum Gasteiger partial charge on any atom is -0.454 e. The van der Waals surface area contributed by atoms with Crippen LogP contribution in [0.1, 0.15) is 29.1 Å². The predicted octanol–water partition coefficient (Wildman–Crippen LogP) is 4.40. The van der Waals surface area contributed by atoms with E-state index in [0.29, 0.717) is 17.4 Å². The highest BCUT2D eigenvalue weighted by atomic mass is 32.1. The third-order valence-electron chi connectivity index (χ3n) is 4.45. The van der Waals surface area contributed by atoms with E-state index in [4.69, 9.17) is 14.2 Å². The first kappa shape index (κ1) is 14.0. The van der Waals surface area contributed by atoms with Crippen LogP contribution in [0, 0.1) is 6.92 Å². The molecular formula is C18H16N2O3S. The Morgan fingerprint density at radius 3 is 2.92 bits per heavy atom. The zero-order valence-electron chi connectivity index (χ0n) is 13.3. The van der Waals surface area contributed by atoms with Crippen molar-refractivity contribution in [3.05, 3.63) is 34.5 Å². The van der Waals surface area contributed by atoms with Gasteiger partial charge in [-0.05, 0) is 50.3 Å². The van der Waals surface area contributed by atoms with Gasteiger partial charge in [-0.3, -0.25) is 0 Å². The average molecular weight is 340 g/mol. The van der Waals surface area contributed by atoms with Crippen molar-refractivity contribution in [2.45, 2.75) is 32.6 Å². The van der Waals surface area contributed by atoms with Gasteiger partial charge in [-0.2, -0.15) is 4.98 Å². The van der Waals surface area contributed by atoms with Gasteiger partial charge in [0.2, 0.25) is 12.7 Å². The molecule has 1 aromatic carbocycles. The van der Waals surface area contributed by atoms with Gasteiger partial charge in [0.05, 0.1) is 5.39 Å². The molecule has 2 aromatic heterocycles. The zero-order valence-corrected chi connectivity index (χ0v) is 14.1. The van der Waals surface area contributed by atoms with Gasteiger partial charge < -0.3 is 14.2 Å². The molecule has 0 saturated heterocycles. The SMILES string of the molecule is Cc1nc(Oc2ccc3c(c2)OCO3)c2c3c(sc2n1)CCCC3. The van der Waals surface area contributed by atoms with Crippen molar-refractivity contribution in [3.8, 4) is 23.1 Å². The number of ether oxygens (including phenoxy) is 3. The molecule has 2 aliphatic rings. The second-order valence-electron chi connectivity index (χ2n) is 6.08. The summed E-state index contributed by atoms with van der Waals surface area (Å²) < 4.78 is 16.9. The van der Waals surface area contributed by atoms with Gasteiger partial charge in [0, 0.05) is 10.9 Å². The Hall–Kier alpha value is -2.34. The van der Waals surface area contributed by atoms with Crippen molar-refractivity contribution in [2.75, 3.05) is 6.79 Å². The lowest BCUT2D eigenvalue weighted by molar-refractivity contribution is 0.174. The first-order valence-corrected chi connectivity index (χ1v) is 8.96. The number of fused-ring (bicyclic) bond motifs is 4. The maximum atomic E-state index is 6.14. The Balaban J connectivity index is 1.62. The fourth-order valence-electron chi connectivity index (χ4n) is 3.35. The number of hydrogen-bond donors (Lipinski definition) is 0. The Morgan fingerprint density at radius 2 is 1.96 bits per heavy atom. The van der Waals surface area contributed by atoms with Gasteiger partial charge >= 0.3 is 0 Å². The van der Waals surface area contributed by atoms with E-state index in [2.05, 4.69) is 9.97 Å². The van der Waals surface area contributed by atoms with Crippen molar-refractivity contribution in [1.82, 2.24) is 9.97 Å². The zero-order chi connectivity index (χ0) is 16.1. The van der Waals surface area contributed by atoms with Crippen molar-refractivity contribution < 1.29 is 14.2 Å². The summed E-state index contributed by atoms with van der Waals surface area (Å²) in [6.45, 7) is 2.17. The molecule has 0 saturated carbocycles. The lowest BCUT2D eigenvalue weighted by Crippen LogP contribution is -2.00. The van der Waals surface area contributed by atoms with Crippen LogP contribution in [0.4, 0.5) is 0 Å². The quantitative estimate of drug-likeness (QED) is 0.692. The van der Waals surface area contributed by atoms with Gasteiger partial charge in [0.25, 0.3) is 0 Å². The van der Waals surface area contributed by atoms with E-state index in [9.17, 15) is 0 Å². The minimum absolute atomic E-state index is 0.258. The highest BCUT2D eigenvalue weighted by Gasteiger charge is 2.22. The Morgan fingerprint density at radius 1 is 1.08 bits per heavy atom. The predicted molar refractivity (Wildman–Crippen MR) is 91.4 cm³/mol. The van der Waals surface area contributed by atoms with E-state index in [1.165, 1.54) is 23.3 Å². The van der Waals surface area contributed by atoms with E-state index in [1.807, 2.05) is 25.1 Å². The number of rotatable bonds is 2. The van der Waals surface area contributed by atoms with E-state index < -0.39 is 0 Å². The molecule has 1 aliphatic heterocycles. The molecule has 0 atom stereocenters. The van der Waals surface area contributed by atoms with Crippen molar-refractivity contribution in [1.29, 1.82) is 0 Å². The summed E-state index contributed by atoms with van der Waals surface area (Å²) in [5.41, 5.74) is 1.37. The van der Waals surface area contributed by atoms with Crippen LogP contribution < -0.4 is 14.2 Å². The molecule has 6 heteroatoms. The largest absolute Gasteiger partial charge is 0.454 e. The first-order chi connectivity index (χ1) is 11.8. The van der Waals surface area contributed by atoms with Crippen LogP contribution in [0.5, 0.6) is 23.1 Å². The van der Waals surface area contributed by atoms with Crippen LogP contribution in [0.3, 0.4) is 0 Å². The fourth-order valence-corrected chi connectivity index (χ4v) is 4.65. The number of aryl methyl sites for hydroxylation is 3. The maximum absolute atomic E-state index is 6.14. The van der Waals surface area contributed by atoms with E-state index in [-0.39, 0.29) is 6.79 Å². The molecule has 3 aromatic rings. The number of hydrogen-bond acceptors (Lipinski definition) is 6. The number of nitrogens with zero attached hydrogens (tertiary/aromatic N) is 2. The number of thiophene rings is 1. The van der Waals surface area contributed by atoms with E-state index >= 15 is 0 Å². The Bertz CT molecular complexity index is 951. The maximum Gasteiger partial charge on any atom is 0.231 e. The average Bonchev–Trinajstić information content (AvgIpc) is 3.17. The third-order valence-corrected chi connectivity index (χ3v) is 5.64. The minimum atomic E-state index is 0.258. The molecule has 0 unspecified atom stereocenters. The fraction of sp³-hybridized carbons (Fsp3) is 0.333. The van der Waals surface area contributed by atoms with Gasteiger partial charge in [-0.1, -0.05) is 0 Å². The molecule has 0 fully saturated rings. The van der Waals surface area contributed by atoms with Crippen molar-refractivity contribution >= 4 is 21.6 Å². The lowest BCUT2D eigenvalue weighted by Gasteiger charge is -2.12. The summed E-state index contributed by atoms with van der Waals surface area (Å²) in [4.78, 5) is 11.7. The molecular weight excluding hydrogens is 324 g/mol. The Labute approximate surface area is 143 Å². The normalized spacial score (nSPS) is 15.5. The van der Waals surface area contributed by atoms with Crippen LogP contribution >= 0.6 is 11.3 Å². The monoisotopic (exact) mass is 340 g/mol. The molecule has 24 heavy (non-hydrogen) atoms. The van der Waals surface area contributed by atoms with Gasteiger partial charge in [0.1, 0.15) is 16.4 Å². The highest BCUT2D eigenvalue weighted by molar-refractivity contribution is 7.18. The molecule has 0 bridgehead atoms. The summed E-state index contributed by atoms with van der Waals surface area (Å²) in [5, 5.41) is 1.08. The van der Waals surface area contributed by atoms with Gasteiger partial charge in [-0.15, -0.1) is 11.3 Å². The molecule has 1 aliphatic carbocycles. The summed E-state index contributed by atoms with van der Waals surface area (Å²) >= 11 is 1.78. The number of aromatic nitrogens is 2. The van der Waals surface area contributed by atoms with E-state index in [1.54, 1.807) is 11.3 Å². The van der Waals surface area contributed by atoms with Crippen LogP contribution in [-0.2, 0) is 12.8 Å². The summed E-state index contributed by atoms with van der Waals surface area (Å²) in [6, 6.07) is 5.60.